The molecule has 2 amide bonds. The molecule has 0 radical (unpaired) electrons. The van der Waals surface area contributed by atoms with Crippen molar-refractivity contribution < 1.29 is 14.0 Å². The van der Waals surface area contributed by atoms with Gasteiger partial charge in [0.2, 0.25) is 5.91 Å². The molecular formula is C21H21FN4O2S. The zero-order valence-corrected chi connectivity index (χ0v) is 16.5. The normalized spacial score (nSPS) is 23.5. The third-order valence-electron chi connectivity index (χ3n) is 5.77. The number of amides is 2. The number of piperidine rings is 1. The Hall–Kier alpha value is -2.76. The van der Waals surface area contributed by atoms with Crippen molar-refractivity contribution in [3.63, 3.8) is 0 Å². The molecule has 150 valence electrons. The average molecular weight is 412 g/mol. The maximum absolute atomic E-state index is 14.6. The minimum Gasteiger partial charge on any atom is -0.365 e. The molecule has 8 heteroatoms. The Morgan fingerprint density at radius 1 is 1.34 bits per heavy atom. The number of rotatable bonds is 6. The Bertz CT molecular complexity index is 999. The highest BCUT2D eigenvalue weighted by Gasteiger charge is 2.43. The fraction of sp³-hybridized carbons (Fsp3) is 0.381. The lowest BCUT2D eigenvalue weighted by molar-refractivity contribution is -0.124. The van der Waals surface area contributed by atoms with Crippen LogP contribution in [0.15, 0.2) is 29.6 Å². The number of nitriles is 1. The van der Waals surface area contributed by atoms with E-state index < -0.39 is 17.8 Å². The van der Waals surface area contributed by atoms with E-state index in [0.29, 0.717) is 33.5 Å². The van der Waals surface area contributed by atoms with Crippen molar-refractivity contribution in [2.24, 2.45) is 11.7 Å². The van der Waals surface area contributed by atoms with Crippen LogP contribution in [-0.2, 0) is 11.2 Å². The third-order valence-corrected chi connectivity index (χ3v) is 6.71. The summed E-state index contributed by atoms with van der Waals surface area (Å²) in [6.45, 7) is 0. The molecule has 2 aliphatic rings. The lowest BCUT2D eigenvalue weighted by atomic mass is 9.98. The average Bonchev–Trinajstić information content (AvgIpc) is 3.45. The summed E-state index contributed by atoms with van der Waals surface area (Å²) < 4.78 is 14.6. The quantitative estimate of drug-likeness (QED) is 0.677. The molecule has 1 aromatic carbocycles. The van der Waals surface area contributed by atoms with Crippen molar-refractivity contribution in [2.75, 3.05) is 0 Å². The zero-order valence-electron chi connectivity index (χ0n) is 15.7. The zero-order chi connectivity index (χ0) is 20.5. The summed E-state index contributed by atoms with van der Waals surface area (Å²) in [7, 11) is 0. The number of hydrogen-bond donors (Lipinski definition) is 3. The Kier molecular flexibility index (Phi) is 5.35. The largest absolute Gasteiger partial charge is 0.365 e. The first-order chi connectivity index (χ1) is 13.9. The Balaban J connectivity index is 1.43. The molecule has 4 rings (SSSR count). The molecule has 1 saturated carbocycles. The summed E-state index contributed by atoms with van der Waals surface area (Å²) in [6, 6.07) is 7.75. The fourth-order valence-corrected chi connectivity index (χ4v) is 5.04. The van der Waals surface area contributed by atoms with E-state index in [1.807, 2.05) is 0 Å². The standard InChI is InChI=1S/C21H21FN4O2S/c22-17-7-11(14-8-18(20(24)27)29-10-14)1-2-12(17)5-16(9-23)26-21(28)19-13-3-4-15(6-13)25-19/h1-2,7-8,10,13,15-16,19,25H,3-6H2,(H2,24,27)(H,26,28). The molecule has 1 aliphatic carbocycles. The number of benzene rings is 1. The van der Waals surface area contributed by atoms with Crippen LogP contribution >= 0.6 is 11.3 Å². The number of primary amides is 1. The number of fused-ring (bicyclic) bond motifs is 2. The first kappa shape index (κ1) is 19.6. The third kappa shape index (κ3) is 4.02. The van der Waals surface area contributed by atoms with Crippen LogP contribution in [0, 0.1) is 23.1 Å². The number of hydrogen-bond acceptors (Lipinski definition) is 5. The first-order valence-electron chi connectivity index (χ1n) is 9.57. The molecule has 4 atom stereocenters. The highest BCUT2D eigenvalue weighted by Crippen LogP contribution is 2.35. The van der Waals surface area contributed by atoms with Gasteiger partial charge in [0.1, 0.15) is 11.9 Å². The molecule has 2 aromatic rings. The Morgan fingerprint density at radius 2 is 2.17 bits per heavy atom. The van der Waals surface area contributed by atoms with Crippen molar-refractivity contribution in [3.8, 4) is 17.2 Å². The lowest BCUT2D eigenvalue weighted by Crippen LogP contribution is -2.50. The monoisotopic (exact) mass is 412 g/mol. The summed E-state index contributed by atoms with van der Waals surface area (Å²) in [4.78, 5) is 24.2. The van der Waals surface area contributed by atoms with Crippen LogP contribution < -0.4 is 16.4 Å². The van der Waals surface area contributed by atoms with Gasteiger partial charge in [0.25, 0.3) is 5.91 Å². The number of nitrogens with one attached hydrogen (secondary N) is 2. The summed E-state index contributed by atoms with van der Waals surface area (Å²) in [5.41, 5.74) is 6.95. The number of carbonyl (C=O) groups excluding carboxylic acids is 2. The Morgan fingerprint density at radius 3 is 2.76 bits per heavy atom. The van der Waals surface area contributed by atoms with Crippen LogP contribution in [0.5, 0.6) is 0 Å². The van der Waals surface area contributed by atoms with Crippen molar-refractivity contribution in [1.29, 1.82) is 5.26 Å². The van der Waals surface area contributed by atoms with Gasteiger partial charge in [-0.2, -0.15) is 5.26 Å². The molecule has 4 unspecified atom stereocenters. The number of carbonyl (C=O) groups is 2. The van der Waals surface area contributed by atoms with E-state index in [2.05, 4.69) is 16.7 Å². The Labute approximate surface area is 171 Å². The number of thiophene rings is 1. The molecule has 1 saturated heterocycles. The first-order valence-corrected chi connectivity index (χ1v) is 10.5. The molecule has 29 heavy (non-hydrogen) atoms. The van der Waals surface area contributed by atoms with E-state index in [-0.39, 0.29) is 18.4 Å². The van der Waals surface area contributed by atoms with Crippen LogP contribution in [0.1, 0.15) is 34.5 Å². The second-order valence-electron chi connectivity index (χ2n) is 7.68. The highest BCUT2D eigenvalue weighted by atomic mass is 32.1. The van der Waals surface area contributed by atoms with Gasteiger partial charge >= 0.3 is 0 Å². The van der Waals surface area contributed by atoms with Gasteiger partial charge in [0.15, 0.2) is 0 Å². The molecule has 0 spiro atoms. The van der Waals surface area contributed by atoms with Crippen LogP contribution in [0.2, 0.25) is 0 Å². The topological polar surface area (TPSA) is 108 Å². The van der Waals surface area contributed by atoms with Crippen molar-refractivity contribution in [2.45, 2.75) is 43.8 Å². The van der Waals surface area contributed by atoms with Crippen molar-refractivity contribution in [1.82, 2.24) is 10.6 Å². The van der Waals surface area contributed by atoms with Crippen LogP contribution in [0.25, 0.3) is 11.1 Å². The van der Waals surface area contributed by atoms with Gasteiger partial charge in [0.05, 0.1) is 17.0 Å². The van der Waals surface area contributed by atoms with Crippen LogP contribution in [0.4, 0.5) is 4.39 Å². The van der Waals surface area contributed by atoms with E-state index in [9.17, 15) is 19.2 Å². The molecule has 1 aliphatic heterocycles. The van der Waals surface area contributed by atoms with E-state index in [0.717, 1.165) is 19.3 Å². The van der Waals surface area contributed by atoms with Gasteiger partial charge < -0.3 is 16.4 Å². The summed E-state index contributed by atoms with van der Waals surface area (Å²) >= 11 is 1.21. The molecule has 2 heterocycles. The molecule has 1 aromatic heterocycles. The van der Waals surface area contributed by atoms with Crippen molar-refractivity contribution >= 4 is 23.2 Å². The maximum Gasteiger partial charge on any atom is 0.258 e. The van der Waals surface area contributed by atoms with Crippen molar-refractivity contribution in [3.05, 3.63) is 45.9 Å². The van der Waals surface area contributed by atoms with E-state index in [4.69, 9.17) is 5.73 Å². The predicted molar refractivity (Wildman–Crippen MR) is 108 cm³/mol. The van der Waals surface area contributed by atoms with Crippen LogP contribution in [0.3, 0.4) is 0 Å². The fourth-order valence-electron chi connectivity index (χ4n) is 4.27. The van der Waals surface area contributed by atoms with E-state index >= 15 is 0 Å². The van der Waals surface area contributed by atoms with E-state index in [1.54, 1.807) is 23.6 Å². The smallest absolute Gasteiger partial charge is 0.258 e. The van der Waals surface area contributed by atoms with Gasteiger partial charge in [-0.3, -0.25) is 9.59 Å². The van der Waals surface area contributed by atoms with Gasteiger partial charge in [-0.1, -0.05) is 12.1 Å². The SMILES string of the molecule is N#CC(Cc1ccc(-c2csc(C(N)=O)c2)cc1F)NC(=O)C1NC2CCC1C2. The summed E-state index contributed by atoms with van der Waals surface area (Å²) in [5.74, 6) is -0.831. The minimum atomic E-state index is -0.800. The second kappa shape index (κ2) is 7.93. The molecule has 6 nitrogen and oxygen atoms in total. The van der Waals surface area contributed by atoms with Gasteiger partial charge in [0, 0.05) is 12.5 Å². The van der Waals surface area contributed by atoms with Crippen LogP contribution in [-0.4, -0.2) is 29.9 Å². The molecular weight excluding hydrogens is 391 g/mol. The number of nitrogens with zero attached hydrogens (tertiary/aromatic N) is 1. The van der Waals surface area contributed by atoms with E-state index in [1.165, 1.54) is 17.4 Å². The number of nitrogens with two attached hydrogens (primary N) is 1. The van der Waals surface area contributed by atoms with Gasteiger partial charge in [-0.05, 0) is 59.4 Å². The number of halogens is 1. The predicted octanol–water partition coefficient (Wildman–Crippen LogP) is 2.34. The highest BCUT2D eigenvalue weighted by molar-refractivity contribution is 7.12. The summed E-state index contributed by atoms with van der Waals surface area (Å²) in [6.07, 6.45) is 3.22. The molecule has 2 bridgehead atoms. The van der Waals surface area contributed by atoms with Gasteiger partial charge in [-0.25, -0.2) is 4.39 Å². The summed E-state index contributed by atoms with van der Waals surface area (Å²) in [5, 5.41) is 17.2. The minimum absolute atomic E-state index is 0.0886. The molecule has 2 fully saturated rings. The second-order valence-corrected chi connectivity index (χ2v) is 8.59. The van der Waals surface area contributed by atoms with Gasteiger partial charge in [-0.15, -0.1) is 11.3 Å². The molecule has 4 N–H and O–H groups in total. The maximum atomic E-state index is 14.6. The lowest BCUT2D eigenvalue weighted by Gasteiger charge is -2.23.